The molecule has 0 radical (unpaired) electrons. The predicted octanol–water partition coefficient (Wildman–Crippen LogP) is 2.62. The lowest BCUT2D eigenvalue weighted by atomic mass is 9.89. The largest absolute Gasteiger partial charge is 0.364 e. The number of hydrogen-bond donors (Lipinski definition) is 0. The summed E-state index contributed by atoms with van der Waals surface area (Å²) < 4.78 is 5.68. The van der Waals surface area contributed by atoms with Gasteiger partial charge in [-0.2, -0.15) is 0 Å². The number of nitrogens with zero attached hydrogens (tertiary/aromatic N) is 1. The molecular weight excluding hydrogens is 186 g/mol. The molecule has 1 fully saturated rings. The molecule has 2 heterocycles. The Morgan fingerprint density at radius 1 is 1.27 bits per heavy atom. The average molecular weight is 197 g/mol. The molecule has 0 saturated carbocycles. The Bertz CT molecular complexity index is 549. The van der Waals surface area contributed by atoms with Gasteiger partial charge in [0.15, 0.2) is 0 Å². The van der Waals surface area contributed by atoms with Crippen molar-refractivity contribution in [3.63, 3.8) is 0 Å². The fourth-order valence-corrected chi connectivity index (χ4v) is 2.69. The molecule has 0 amide bonds. The van der Waals surface area contributed by atoms with Crippen LogP contribution in [0.5, 0.6) is 0 Å². The molecule has 1 saturated heterocycles. The van der Waals surface area contributed by atoms with Crippen molar-refractivity contribution >= 4 is 10.9 Å². The second kappa shape index (κ2) is 2.58. The highest BCUT2D eigenvalue weighted by Crippen LogP contribution is 2.49. The van der Waals surface area contributed by atoms with Crippen LogP contribution in [0.3, 0.4) is 0 Å². The van der Waals surface area contributed by atoms with Gasteiger partial charge in [-0.15, -0.1) is 0 Å². The highest BCUT2D eigenvalue weighted by Gasteiger charge is 2.44. The first-order chi connectivity index (χ1) is 7.43. The van der Waals surface area contributed by atoms with Gasteiger partial charge in [0.25, 0.3) is 0 Å². The zero-order valence-electron chi connectivity index (χ0n) is 8.31. The molecule has 0 bridgehead atoms. The topological polar surface area (TPSA) is 25.4 Å². The lowest BCUT2D eigenvalue weighted by molar-refractivity contribution is 0.373. The molecule has 4 rings (SSSR count). The van der Waals surface area contributed by atoms with Crippen molar-refractivity contribution in [1.82, 2.24) is 4.98 Å². The van der Waals surface area contributed by atoms with E-state index in [-0.39, 0.29) is 0 Å². The molecule has 1 aliphatic carbocycles. The van der Waals surface area contributed by atoms with Crippen molar-refractivity contribution in [1.29, 1.82) is 0 Å². The summed E-state index contributed by atoms with van der Waals surface area (Å²) in [5.41, 5.74) is 3.94. The van der Waals surface area contributed by atoms with Gasteiger partial charge in [0, 0.05) is 11.6 Å². The van der Waals surface area contributed by atoms with Crippen LogP contribution in [0.15, 0.2) is 30.5 Å². The number of benzene rings is 1. The van der Waals surface area contributed by atoms with Gasteiger partial charge in [-0.3, -0.25) is 4.98 Å². The van der Waals surface area contributed by atoms with E-state index in [2.05, 4.69) is 23.2 Å². The summed E-state index contributed by atoms with van der Waals surface area (Å²) in [6.07, 6.45) is 5.04. The summed E-state index contributed by atoms with van der Waals surface area (Å²) >= 11 is 0. The SMILES string of the molecule is c1cnc2ccc3c(c2c1)C1OC1CC3. The van der Waals surface area contributed by atoms with Crippen molar-refractivity contribution in [2.24, 2.45) is 0 Å². The maximum absolute atomic E-state index is 5.68. The van der Waals surface area contributed by atoms with Crippen LogP contribution in [0.1, 0.15) is 23.7 Å². The Kier molecular flexibility index (Phi) is 1.35. The molecule has 15 heavy (non-hydrogen) atoms. The third-order valence-electron chi connectivity index (χ3n) is 3.48. The highest BCUT2D eigenvalue weighted by atomic mass is 16.6. The van der Waals surface area contributed by atoms with Crippen LogP contribution < -0.4 is 0 Å². The quantitative estimate of drug-likeness (QED) is 0.606. The first kappa shape index (κ1) is 7.83. The molecule has 1 aromatic carbocycles. The number of epoxide rings is 1. The highest BCUT2D eigenvalue weighted by molar-refractivity contribution is 5.84. The third kappa shape index (κ3) is 0.999. The number of pyridine rings is 1. The van der Waals surface area contributed by atoms with Crippen molar-refractivity contribution < 1.29 is 4.74 Å². The summed E-state index contributed by atoms with van der Waals surface area (Å²) in [6, 6.07) is 8.50. The molecule has 74 valence electrons. The fourth-order valence-electron chi connectivity index (χ4n) is 2.69. The van der Waals surface area contributed by atoms with Gasteiger partial charge in [-0.25, -0.2) is 0 Å². The predicted molar refractivity (Wildman–Crippen MR) is 57.7 cm³/mol. The van der Waals surface area contributed by atoms with E-state index < -0.39 is 0 Å². The molecule has 2 unspecified atom stereocenters. The van der Waals surface area contributed by atoms with Gasteiger partial charge < -0.3 is 4.74 Å². The minimum Gasteiger partial charge on any atom is -0.364 e. The summed E-state index contributed by atoms with van der Waals surface area (Å²) in [7, 11) is 0. The monoisotopic (exact) mass is 197 g/mol. The molecule has 1 aromatic heterocycles. The second-order valence-electron chi connectivity index (χ2n) is 4.34. The number of aromatic nitrogens is 1. The van der Waals surface area contributed by atoms with E-state index in [1.807, 2.05) is 12.3 Å². The molecule has 0 spiro atoms. The minimum absolute atomic E-state index is 0.363. The van der Waals surface area contributed by atoms with Crippen LogP contribution >= 0.6 is 0 Å². The van der Waals surface area contributed by atoms with Crippen LogP contribution in [-0.2, 0) is 11.2 Å². The van der Waals surface area contributed by atoms with Crippen LogP contribution in [0.2, 0.25) is 0 Å². The Labute approximate surface area is 87.9 Å². The van der Waals surface area contributed by atoms with Crippen molar-refractivity contribution in [3.8, 4) is 0 Å². The maximum Gasteiger partial charge on any atom is 0.110 e. The van der Waals surface area contributed by atoms with Crippen LogP contribution in [-0.4, -0.2) is 11.1 Å². The van der Waals surface area contributed by atoms with Crippen LogP contribution in [0.25, 0.3) is 10.9 Å². The normalized spacial score (nSPS) is 27.2. The van der Waals surface area contributed by atoms with Crippen molar-refractivity contribution in [2.45, 2.75) is 25.0 Å². The number of ether oxygens (including phenoxy) is 1. The van der Waals surface area contributed by atoms with Gasteiger partial charge in [0.05, 0.1) is 11.6 Å². The van der Waals surface area contributed by atoms with Gasteiger partial charge in [-0.1, -0.05) is 12.1 Å². The molecule has 2 aromatic rings. The number of fused-ring (bicyclic) bond motifs is 5. The lowest BCUT2D eigenvalue weighted by Crippen LogP contribution is -2.05. The molecule has 2 heteroatoms. The van der Waals surface area contributed by atoms with E-state index in [9.17, 15) is 0 Å². The first-order valence-corrected chi connectivity index (χ1v) is 5.45. The van der Waals surface area contributed by atoms with E-state index in [0.29, 0.717) is 12.2 Å². The smallest absolute Gasteiger partial charge is 0.110 e. The molecule has 2 nitrogen and oxygen atoms in total. The molecule has 0 N–H and O–H groups in total. The summed E-state index contributed by atoms with van der Waals surface area (Å²) in [5.74, 6) is 0. The third-order valence-corrected chi connectivity index (χ3v) is 3.48. The first-order valence-electron chi connectivity index (χ1n) is 5.45. The van der Waals surface area contributed by atoms with Gasteiger partial charge in [0.1, 0.15) is 6.10 Å². The molecule has 2 atom stereocenters. The molecule has 2 aliphatic rings. The van der Waals surface area contributed by atoms with E-state index in [4.69, 9.17) is 4.74 Å². The average Bonchev–Trinajstić information content (AvgIpc) is 3.07. The zero-order chi connectivity index (χ0) is 9.83. The van der Waals surface area contributed by atoms with E-state index in [1.165, 1.54) is 22.9 Å². The molecular formula is C13H11NO. The summed E-state index contributed by atoms with van der Waals surface area (Å²) in [6.45, 7) is 0. The van der Waals surface area contributed by atoms with Crippen LogP contribution in [0.4, 0.5) is 0 Å². The van der Waals surface area contributed by atoms with E-state index >= 15 is 0 Å². The Hall–Kier alpha value is -1.41. The fraction of sp³-hybridized carbons (Fsp3) is 0.308. The number of rotatable bonds is 0. The van der Waals surface area contributed by atoms with Crippen LogP contribution in [0, 0.1) is 0 Å². The van der Waals surface area contributed by atoms with Crippen molar-refractivity contribution in [3.05, 3.63) is 41.6 Å². The zero-order valence-corrected chi connectivity index (χ0v) is 8.31. The maximum atomic E-state index is 5.68. The Morgan fingerprint density at radius 3 is 3.27 bits per heavy atom. The van der Waals surface area contributed by atoms with Gasteiger partial charge >= 0.3 is 0 Å². The second-order valence-corrected chi connectivity index (χ2v) is 4.34. The Balaban J connectivity index is 2.09. The summed E-state index contributed by atoms with van der Waals surface area (Å²) in [5, 5.41) is 1.28. The summed E-state index contributed by atoms with van der Waals surface area (Å²) in [4.78, 5) is 4.39. The van der Waals surface area contributed by atoms with E-state index in [0.717, 1.165) is 11.9 Å². The van der Waals surface area contributed by atoms with Crippen molar-refractivity contribution in [2.75, 3.05) is 0 Å². The number of aryl methyl sites for hydroxylation is 1. The molecule has 1 aliphatic heterocycles. The van der Waals surface area contributed by atoms with Gasteiger partial charge in [-0.05, 0) is 36.1 Å². The minimum atomic E-state index is 0.363. The lowest BCUT2D eigenvalue weighted by Gasteiger charge is -2.13. The standard InChI is InChI=1S/C13H11NO/c1-2-9-10(14-7-1)5-3-8-4-6-11-13(15-11)12(8)9/h1-3,5,7,11,13H,4,6H2. The number of hydrogen-bond acceptors (Lipinski definition) is 2. The van der Waals surface area contributed by atoms with Gasteiger partial charge in [0.2, 0.25) is 0 Å². The Morgan fingerprint density at radius 2 is 2.27 bits per heavy atom. The van der Waals surface area contributed by atoms with E-state index in [1.54, 1.807) is 0 Å².